The van der Waals surface area contributed by atoms with Gasteiger partial charge in [0.15, 0.2) is 11.6 Å². The first kappa shape index (κ1) is 12.7. The van der Waals surface area contributed by atoms with Gasteiger partial charge in [0.05, 0.1) is 14.2 Å². The number of ether oxygens (including phenoxy) is 2. The summed E-state index contributed by atoms with van der Waals surface area (Å²) < 4.78 is 9.24. The van der Waals surface area contributed by atoms with Crippen LogP contribution >= 0.6 is 0 Å². The molecule has 0 aromatic carbocycles. The van der Waals surface area contributed by atoms with E-state index >= 15 is 0 Å². The van der Waals surface area contributed by atoms with E-state index in [-0.39, 0.29) is 25.7 Å². The molecule has 6 heteroatoms. The number of Topliss-reactive ketones (excluding diaryl/α,β-unsaturated/α-hetero) is 2. The number of fused-ring (bicyclic) bond motifs is 3. The van der Waals surface area contributed by atoms with Crippen LogP contribution in [0, 0.1) is 10.8 Å². The Bertz CT molecular complexity index is 411. The molecule has 98 valence electrons. The number of methoxy groups -OCH3 is 2. The first-order valence-corrected chi connectivity index (χ1v) is 5.66. The van der Waals surface area contributed by atoms with E-state index in [0.29, 0.717) is 0 Å². The fraction of sp³-hybridized carbons (Fsp3) is 0.667. The highest BCUT2D eigenvalue weighted by molar-refractivity contribution is 6.19. The Hall–Kier alpha value is -1.72. The van der Waals surface area contributed by atoms with Gasteiger partial charge in [0.1, 0.15) is 10.8 Å². The van der Waals surface area contributed by atoms with E-state index in [0.717, 1.165) is 0 Å². The molecule has 3 rings (SSSR count). The van der Waals surface area contributed by atoms with E-state index in [1.54, 1.807) is 0 Å². The van der Waals surface area contributed by atoms with Crippen molar-refractivity contribution in [2.75, 3.05) is 14.2 Å². The minimum Gasteiger partial charge on any atom is -0.468 e. The van der Waals surface area contributed by atoms with Crippen LogP contribution < -0.4 is 0 Å². The van der Waals surface area contributed by atoms with E-state index in [1.165, 1.54) is 14.2 Å². The number of rotatable bonds is 2. The average molecular weight is 254 g/mol. The topological polar surface area (TPSA) is 86.7 Å². The fourth-order valence-electron chi connectivity index (χ4n) is 2.93. The molecular weight excluding hydrogens is 240 g/mol. The Labute approximate surface area is 104 Å². The van der Waals surface area contributed by atoms with Gasteiger partial charge in [0.2, 0.25) is 0 Å². The van der Waals surface area contributed by atoms with Crippen molar-refractivity contribution in [3.63, 3.8) is 0 Å². The average Bonchev–Trinajstić information content (AvgIpc) is 2.38. The number of hydrogen-bond donors (Lipinski definition) is 0. The van der Waals surface area contributed by atoms with Crippen LogP contribution in [-0.2, 0) is 28.7 Å². The molecule has 0 N–H and O–H groups in total. The van der Waals surface area contributed by atoms with Crippen molar-refractivity contribution in [3.05, 3.63) is 0 Å². The van der Waals surface area contributed by atoms with Gasteiger partial charge in [-0.1, -0.05) is 0 Å². The quantitative estimate of drug-likeness (QED) is 0.510. The molecule has 1 unspecified atom stereocenters. The molecule has 0 heterocycles. The van der Waals surface area contributed by atoms with Crippen molar-refractivity contribution < 1.29 is 28.7 Å². The first-order chi connectivity index (χ1) is 8.43. The molecule has 3 aliphatic rings. The molecule has 0 spiro atoms. The molecule has 18 heavy (non-hydrogen) atoms. The van der Waals surface area contributed by atoms with Crippen molar-refractivity contribution in [1.82, 2.24) is 0 Å². The van der Waals surface area contributed by atoms with E-state index in [1.807, 2.05) is 0 Å². The van der Waals surface area contributed by atoms with Crippen LogP contribution in [0.25, 0.3) is 0 Å². The summed E-state index contributed by atoms with van der Waals surface area (Å²) in [6.07, 6.45) is -0.181. The van der Waals surface area contributed by atoms with Gasteiger partial charge in [-0.15, -0.1) is 0 Å². The summed E-state index contributed by atoms with van der Waals surface area (Å²) in [5.41, 5.74) is -2.75. The Morgan fingerprint density at radius 3 is 1.44 bits per heavy atom. The monoisotopic (exact) mass is 254 g/mol. The van der Waals surface area contributed by atoms with Crippen LogP contribution in [0.1, 0.15) is 25.7 Å². The second-order valence-corrected chi connectivity index (χ2v) is 4.85. The first-order valence-electron chi connectivity index (χ1n) is 5.66. The van der Waals surface area contributed by atoms with Crippen LogP contribution in [0.15, 0.2) is 0 Å². The minimum atomic E-state index is -1.37. The second kappa shape index (κ2) is 3.90. The predicted octanol–water partition coefficient (Wildman–Crippen LogP) is 0.0310. The lowest BCUT2D eigenvalue weighted by molar-refractivity contribution is -0.182. The molecule has 2 bridgehead atoms. The van der Waals surface area contributed by atoms with Gasteiger partial charge in [-0.3, -0.25) is 19.2 Å². The third-order valence-electron chi connectivity index (χ3n) is 4.12. The van der Waals surface area contributed by atoms with E-state index in [9.17, 15) is 19.2 Å². The van der Waals surface area contributed by atoms with Crippen molar-refractivity contribution in [2.24, 2.45) is 10.8 Å². The lowest BCUT2D eigenvalue weighted by Crippen LogP contribution is -2.60. The summed E-state index contributed by atoms with van der Waals surface area (Å²) in [6.45, 7) is 0. The molecule has 0 aromatic rings. The smallest absolute Gasteiger partial charge is 0.319 e. The molecule has 3 aliphatic carbocycles. The Balaban J connectivity index is 2.40. The van der Waals surface area contributed by atoms with Crippen LogP contribution in [0.4, 0.5) is 0 Å². The maximum absolute atomic E-state index is 12.1. The van der Waals surface area contributed by atoms with E-state index < -0.39 is 34.3 Å². The Morgan fingerprint density at radius 2 is 1.22 bits per heavy atom. The summed E-state index contributed by atoms with van der Waals surface area (Å²) in [4.78, 5) is 47.6. The SMILES string of the molecule is COC(=O)C12CC[C@](C(=O)OC)(CC1=O)C(=O)C2. The van der Waals surface area contributed by atoms with Gasteiger partial charge < -0.3 is 9.47 Å². The zero-order chi connectivity index (χ0) is 13.6. The van der Waals surface area contributed by atoms with E-state index in [4.69, 9.17) is 0 Å². The standard InChI is InChI=1S/C12H14O6/c1-17-9(15)11-3-4-12(6-7(11)13,8(14)5-11)10(16)18-2/h3-6H2,1-2H3/t11-,12?/m0/s1. The van der Waals surface area contributed by atoms with Gasteiger partial charge >= 0.3 is 11.9 Å². The van der Waals surface area contributed by atoms with Crippen molar-refractivity contribution in [2.45, 2.75) is 25.7 Å². The predicted molar refractivity (Wildman–Crippen MR) is 57.4 cm³/mol. The van der Waals surface area contributed by atoms with Gasteiger partial charge in [-0.2, -0.15) is 0 Å². The zero-order valence-corrected chi connectivity index (χ0v) is 10.3. The van der Waals surface area contributed by atoms with Gasteiger partial charge in [-0.25, -0.2) is 0 Å². The maximum atomic E-state index is 12.1. The molecule has 3 fully saturated rings. The Morgan fingerprint density at radius 1 is 0.889 bits per heavy atom. The molecule has 6 nitrogen and oxygen atoms in total. The fourth-order valence-corrected chi connectivity index (χ4v) is 2.93. The van der Waals surface area contributed by atoms with Crippen LogP contribution in [-0.4, -0.2) is 37.7 Å². The molecule has 0 amide bonds. The van der Waals surface area contributed by atoms with Crippen LogP contribution in [0.2, 0.25) is 0 Å². The number of carbonyl (C=O) groups is 4. The van der Waals surface area contributed by atoms with Gasteiger partial charge in [0, 0.05) is 12.8 Å². The molecule has 0 aliphatic heterocycles. The highest BCUT2D eigenvalue weighted by Crippen LogP contribution is 2.53. The maximum Gasteiger partial charge on any atom is 0.319 e. The highest BCUT2D eigenvalue weighted by Gasteiger charge is 2.66. The normalized spacial score (nSPS) is 34.3. The molecule has 0 aromatic heterocycles. The number of hydrogen-bond acceptors (Lipinski definition) is 6. The number of esters is 2. The Kier molecular flexibility index (Phi) is 2.76. The van der Waals surface area contributed by atoms with Gasteiger partial charge in [-0.05, 0) is 12.8 Å². The van der Waals surface area contributed by atoms with Crippen LogP contribution in [0.5, 0.6) is 0 Å². The third kappa shape index (κ3) is 1.34. The third-order valence-corrected chi connectivity index (χ3v) is 4.12. The van der Waals surface area contributed by atoms with Crippen molar-refractivity contribution >= 4 is 23.5 Å². The van der Waals surface area contributed by atoms with Crippen molar-refractivity contribution in [3.8, 4) is 0 Å². The van der Waals surface area contributed by atoms with E-state index in [2.05, 4.69) is 9.47 Å². The summed E-state index contributed by atoms with van der Waals surface area (Å²) in [6, 6.07) is 0. The summed E-state index contributed by atoms with van der Waals surface area (Å²) in [7, 11) is 2.37. The molecule has 0 saturated heterocycles. The zero-order valence-electron chi connectivity index (χ0n) is 10.3. The highest BCUT2D eigenvalue weighted by atomic mass is 16.5. The number of carbonyl (C=O) groups excluding carboxylic acids is 4. The van der Waals surface area contributed by atoms with Gasteiger partial charge in [0.25, 0.3) is 0 Å². The molecule has 2 atom stereocenters. The lowest BCUT2D eigenvalue weighted by Gasteiger charge is -2.46. The van der Waals surface area contributed by atoms with Crippen LogP contribution in [0.3, 0.4) is 0 Å². The molecule has 0 radical (unpaired) electrons. The second-order valence-electron chi connectivity index (χ2n) is 4.85. The van der Waals surface area contributed by atoms with Crippen molar-refractivity contribution in [1.29, 1.82) is 0 Å². The minimum absolute atomic E-state index is 0.166. The summed E-state index contributed by atoms with van der Waals surface area (Å²) in [5, 5.41) is 0. The summed E-state index contributed by atoms with van der Waals surface area (Å²) in [5.74, 6) is -2.16. The molecule has 3 saturated carbocycles. The number of ketones is 2. The molecular formula is C12H14O6. The summed E-state index contributed by atoms with van der Waals surface area (Å²) >= 11 is 0. The lowest BCUT2D eigenvalue weighted by atomic mass is 9.52. The largest absolute Gasteiger partial charge is 0.468 e.